The Kier molecular flexibility index (Phi) is 7.49. The molecule has 1 atom stereocenters. The van der Waals surface area contributed by atoms with E-state index in [2.05, 4.69) is 20.4 Å². The van der Waals surface area contributed by atoms with E-state index in [-0.39, 0.29) is 18.9 Å². The van der Waals surface area contributed by atoms with E-state index in [4.69, 9.17) is 9.84 Å². The number of rotatable bonds is 9. The van der Waals surface area contributed by atoms with Crippen molar-refractivity contribution in [1.82, 2.24) is 25.1 Å². The molecule has 0 saturated carbocycles. The van der Waals surface area contributed by atoms with E-state index in [1.165, 1.54) is 19.3 Å². The van der Waals surface area contributed by atoms with Gasteiger partial charge in [-0.15, -0.1) is 15.3 Å². The lowest BCUT2D eigenvalue weighted by molar-refractivity contribution is -0.147. The number of aryl methyl sites for hydroxylation is 1. The molecule has 0 aliphatic carbocycles. The number of amides is 1. The van der Waals surface area contributed by atoms with Gasteiger partial charge in [0.1, 0.15) is 11.9 Å². The van der Waals surface area contributed by atoms with Gasteiger partial charge in [0, 0.05) is 32.4 Å². The lowest BCUT2D eigenvalue weighted by Crippen LogP contribution is -2.43. The molecule has 3 heterocycles. The van der Waals surface area contributed by atoms with Crippen LogP contribution >= 0.6 is 0 Å². The Hall–Kier alpha value is -3.49. The van der Waals surface area contributed by atoms with Crippen molar-refractivity contribution in [2.45, 2.75) is 51.5 Å². The molecule has 0 unspecified atom stereocenters. The third kappa shape index (κ3) is 5.85. The van der Waals surface area contributed by atoms with Crippen LogP contribution in [0.15, 0.2) is 42.5 Å². The average Bonchev–Trinajstić information content (AvgIpc) is 3.26. The first-order valence-electron chi connectivity index (χ1n) is 11.6. The number of fused-ring (bicyclic) bond motifs is 1. The molecular formula is C24H30N6O3. The summed E-state index contributed by atoms with van der Waals surface area (Å²) >= 11 is 0. The monoisotopic (exact) mass is 450 g/mol. The topological polar surface area (TPSA) is 102 Å². The SMILES string of the molecule is CCOC(=O)[C@H](Cc1ccccc1)NC(=O)CCc1nnc2ccc(N3CCCCC3)nn12. The second-order valence-electron chi connectivity index (χ2n) is 8.19. The van der Waals surface area contributed by atoms with Gasteiger partial charge in [-0.05, 0) is 43.9 Å². The van der Waals surface area contributed by atoms with Crippen LogP contribution < -0.4 is 10.2 Å². The Morgan fingerprint density at radius 1 is 1.06 bits per heavy atom. The number of hydrogen-bond donors (Lipinski definition) is 1. The van der Waals surface area contributed by atoms with E-state index in [0.29, 0.717) is 24.3 Å². The van der Waals surface area contributed by atoms with E-state index < -0.39 is 12.0 Å². The zero-order valence-electron chi connectivity index (χ0n) is 18.9. The van der Waals surface area contributed by atoms with E-state index in [1.807, 2.05) is 42.5 Å². The summed E-state index contributed by atoms with van der Waals surface area (Å²) in [5.41, 5.74) is 1.60. The Labute approximate surface area is 193 Å². The zero-order chi connectivity index (χ0) is 23.0. The summed E-state index contributed by atoms with van der Waals surface area (Å²) in [5.74, 6) is 0.844. The van der Waals surface area contributed by atoms with Crippen LogP contribution in [0.4, 0.5) is 5.82 Å². The highest BCUT2D eigenvalue weighted by molar-refractivity contribution is 5.84. The van der Waals surface area contributed by atoms with Crippen molar-refractivity contribution in [3.8, 4) is 0 Å². The second kappa shape index (κ2) is 10.9. The molecule has 0 radical (unpaired) electrons. The molecule has 9 heteroatoms. The minimum atomic E-state index is -0.737. The maximum atomic E-state index is 12.7. The van der Waals surface area contributed by atoms with Crippen LogP contribution in [-0.4, -0.2) is 57.4 Å². The fourth-order valence-corrected chi connectivity index (χ4v) is 4.05. The number of nitrogens with one attached hydrogen (secondary N) is 1. The molecular weight excluding hydrogens is 420 g/mol. The third-order valence-electron chi connectivity index (χ3n) is 5.76. The highest BCUT2D eigenvalue weighted by Gasteiger charge is 2.23. The molecule has 1 saturated heterocycles. The molecule has 2 aromatic heterocycles. The van der Waals surface area contributed by atoms with Crippen molar-refractivity contribution in [1.29, 1.82) is 0 Å². The number of ether oxygens (including phenoxy) is 1. The van der Waals surface area contributed by atoms with Crippen LogP contribution in [-0.2, 0) is 27.2 Å². The first-order chi connectivity index (χ1) is 16.1. The van der Waals surface area contributed by atoms with Crippen LogP contribution in [0.2, 0.25) is 0 Å². The van der Waals surface area contributed by atoms with Crippen molar-refractivity contribution < 1.29 is 14.3 Å². The number of esters is 1. The van der Waals surface area contributed by atoms with E-state index in [9.17, 15) is 9.59 Å². The lowest BCUT2D eigenvalue weighted by Gasteiger charge is -2.27. The van der Waals surface area contributed by atoms with Gasteiger partial charge in [0.25, 0.3) is 0 Å². The molecule has 0 spiro atoms. The van der Waals surface area contributed by atoms with Crippen molar-refractivity contribution in [3.05, 3.63) is 53.9 Å². The predicted octanol–water partition coefficient (Wildman–Crippen LogP) is 2.34. The maximum absolute atomic E-state index is 12.7. The van der Waals surface area contributed by atoms with Gasteiger partial charge in [0.05, 0.1) is 6.61 Å². The van der Waals surface area contributed by atoms with Crippen molar-refractivity contribution in [2.75, 3.05) is 24.6 Å². The number of aromatic nitrogens is 4. The Balaban J connectivity index is 1.40. The Morgan fingerprint density at radius 2 is 1.85 bits per heavy atom. The molecule has 3 aromatic rings. The molecule has 1 amide bonds. The number of anilines is 1. The van der Waals surface area contributed by atoms with Gasteiger partial charge in [0.2, 0.25) is 5.91 Å². The number of hydrogen-bond acceptors (Lipinski definition) is 7. The van der Waals surface area contributed by atoms with Gasteiger partial charge in [-0.25, -0.2) is 4.79 Å². The van der Waals surface area contributed by atoms with Crippen LogP contribution in [0.25, 0.3) is 5.65 Å². The summed E-state index contributed by atoms with van der Waals surface area (Å²) in [4.78, 5) is 27.4. The quantitative estimate of drug-likeness (QED) is 0.499. The molecule has 0 bridgehead atoms. The summed E-state index contributed by atoms with van der Waals surface area (Å²) in [7, 11) is 0. The summed E-state index contributed by atoms with van der Waals surface area (Å²) in [6, 6.07) is 12.7. The smallest absolute Gasteiger partial charge is 0.328 e. The first-order valence-corrected chi connectivity index (χ1v) is 11.6. The lowest BCUT2D eigenvalue weighted by atomic mass is 10.1. The van der Waals surface area contributed by atoms with Crippen LogP contribution in [0.1, 0.15) is 44.0 Å². The highest BCUT2D eigenvalue weighted by atomic mass is 16.5. The van der Waals surface area contributed by atoms with E-state index >= 15 is 0 Å². The number of nitrogens with zero attached hydrogens (tertiary/aromatic N) is 5. The summed E-state index contributed by atoms with van der Waals surface area (Å²) in [6.07, 6.45) is 4.49. The predicted molar refractivity (Wildman–Crippen MR) is 124 cm³/mol. The van der Waals surface area contributed by atoms with Gasteiger partial charge < -0.3 is 15.0 Å². The van der Waals surface area contributed by atoms with Crippen LogP contribution in [0.5, 0.6) is 0 Å². The zero-order valence-corrected chi connectivity index (χ0v) is 18.9. The van der Waals surface area contributed by atoms with Crippen molar-refractivity contribution >= 4 is 23.3 Å². The molecule has 1 aliphatic rings. The molecule has 33 heavy (non-hydrogen) atoms. The molecule has 174 valence electrons. The minimum Gasteiger partial charge on any atom is -0.464 e. The fourth-order valence-electron chi connectivity index (χ4n) is 4.05. The summed E-state index contributed by atoms with van der Waals surface area (Å²) < 4.78 is 6.87. The highest BCUT2D eigenvalue weighted by Crippen LogP contribution is 2.18. The number of carbonyl (C=O) groups excluding carboxylic acids is 2. The first kappa shape index (κ1) is 22.7. The second-order valence-corrected chi connectivity index (χ2v) is 8.19. The number of carbonyl (C=O) groups is 2. The number of piperidine rings is 1. The normalized spacial score (nSPS) is 14.8. The molecule has 1 fully saturated rings. The molecule has 9 nitrogen and oxygen atoms in total. The van der Waals surface area contributed by atoms with Crippen LogP contribution in [0.3, 0.4) is 0 Å². The standard InChI is InChI=1S/C24H30N6O3/c1-2-33-24(32)19(17-18-9-5-3-6-10-18)25-23(31)14-13-21-27-26-20-11-12-22(28-30(20)21)29-15-7-4-8-16-29/h3,5-6,9-12,19H,2,4,7-8,13-17H2,1H3,(H,25,31)/t19-/m0/s1. The summed E-state index contributed by atoms with van der Waals surface area (Å²) in [6.45, 7) is 4.00. The molecule has 1 N–H and O–H groups in total. The van der Waals surface area contributed by atoms with E-state index in [0.717, 1.165) is 24.5 Å². The molecule has 1 aliphatic heterocycles. The average molecular weight is 451 g/mol. The number of benzene rings is 1. The molecule has 1 aromatic carbocycles. The van der Waals surface area contributed by atoms with Gasteiger partial charge in [-0.2, -0.15) is 4.52 Å². The van der Waals surface area contributed by atoms with Gasteiger partial charge in [-0.3, -0.25) is 4.79 Å². The van der Waals surface area contributed by atoms with Gasteiger partial charge in [0.15, 0.2) is 11.5 Å². The van der Waals surface area contributed by atoms with Crippen molar-refractivity contribution in [3.63, 3.8) is 0 Å². The van der Waals surface area contributed by atoms with Crippen molar-refractivity contribution in [2.24, 2.45) is 0 Å². The van der Waals surface area contributed by atoms with E-state index in [1.54, 1.807) is 11.4 Å². The third-order valence-corrected chi connectivity index (χ3v) is 5.76. The van der Waals surface area contributed by atoms with Gasteiger partial charge >= 0.3 is 5.97 Å². The fraction of sp³-hybridized carbons (Fsp3) is 0.458. The van der Waals surface area contributed by atoms with Gasteiger partial charge in [-0.1, -0.05) is 30.3 Å². The maximum Gasteiger partial charge on any atom is 0.328 e. The minimum absolute atomic E-state index is 0.168. The largest absolute Gasteiger partial charge is 0.464 e. The van der Waals surface area contributed by atoms with Crippen LogP contribution in [0, 0.1) is 0 Å². The Morgan fingerprint density at radius 3 is 2.61 bits per heavy atom. The summed E-state index contributed by atoms with van der Waals surface area (Å²) in [5, 5.41) is 15.9. The molecule has 4 rings (SSSR count). The Bertz CT molecular complexity index is 1080.